The van der Waals surface area contributed by atoms with Crippen molar-refractivity contribution in [1.29, 1.82) is 0 Å². The molecule has 8 aliphatic heterocycles. The summed E-state index contributed by atoms with van der Waals surface area (Å²) < 4.78 is 95.2. The first-order chi connectivity index (χ1) is 69.7. The highest BCUT2D eigenvalue weighted by Crippen LogP contribution is 2.41. The molecule has 47 nitrogen and oxygen atoms in total. The van der Waals surface area contributed by atoms with Gasteiger partial charge >= 0.3 is 0 Å². The fourth-order valence-corrected chi connectivity index (χ4v) is 19.9. The maximum Gasteiger partial charge on any atom is 0.220 e. The van der Waals surface area contributed by atoms with E-state index in [2.05, 4.69) is 35.1 Å². The van der Waals surface area contributed by atoms with Crippen LogP contribution < -0.4 is 21.3 Å². The van der Waals surface area contributed by atoms with Crippen LogP contribution in [0, 0.1) is 0 Å². The van der Waals surface area contributed by atoms with Crippen LogP contribution in [-0.4, -0.2) is 458 Å². The molecule has 145 heavy (non-hydrogen) atoms. The van der Waals surface area contributed by atoms with Gasteiger partial charge in [0.1, 0.15) is 195 Å². The Morgan fingerprint density at radius 3 is 0.800 bits per heavy atom. The molecular weight excluding hydrogens is 1920 g/mol. The number of rotatable bonds is 67. The van der Waals surface area contributed by atoms with Crippen LogP contribution in [0.2, 0.25) is 0 Å². The smallest absolute Gasteiger partial charge is 0.220 e. The highest BCUT2D eigenvalue weighted by atomic mass is 16.8. The number of amides is 4. The van der Waals surface area contributed by atoms with Gasteiger partial charge in [-0.2, -0.15) is 0 Å². The third-order valence-corrected chi connectivity index (χ3v) is 28.4. The van der Waals surface area contributed by atoms with Crippen molar-refractivity contribution in [2.75, 3.05) is 59.5 Å². The molecule has 0 aromatic carbocycles. The van der Waals surface area contributed by atoms with Crippen molar-refractivity contribution in [3.05, 3.63) is 12.2 Å². The van der Waals surface area contributed by atoms with E-state index in [0.29, 0.717) is 12.8 Å². The van der Waals surface area contributed by atoms with Gasteiger partial charge in [-0.25, -0.2) is 0 Å². The molecule has 0 bridgehead atoms. The van der Waals surface area contributed by atoms with Crippen molar-refractivity contribution in [2.24, 2.45) is 0 Å². The highest BCUT2D eigenvalue weighted by molar-refractivity contribution is 5.76. The van der Waals surface area contributed by atoms with Gasteiger partial charge in [-0.15, -0.1) is 0 Å². The maximum atomic E-state index is 13.7. The number of hydrogen-bond donors (Lipinski definition) is 27. The molecule has 4 amide bonds. The lowest BCUT2D eigenvalue weighted by Crippen LogP contribution is -2.71. The Kier molecular flexibility index (Phi) is 58.3. The van der Waals surface area contributed by atoms with Crippen molar-refractivity contribution in [3.8, 4) is 0 Å². The number of aliphatic hydroxyl groups excluding tert-OH is 23. The summed E-state index contributed by atoms with van der Waals surface area (Å²) >= 11 is 0. The van der Waals surface area contributed by atoms with E-state index in [1.807, 2.05) is 6.08 Å². The number of allylic oxidation sites excluding steroid dienone is 1. The van der Waals surface area contributed by atoms with E-state index in [9.17, 15) is 137 Å². The molecule has 47 heteroatoms. The molecule has 0 spiro atoms. The molecule has 0 aromatic heterocycles. The number of aliphatic hydroxyl groups is 23. The average Bonchev–Trinajstić information content (AvgIpc) is 0.762. The molecule has 0 radical (unpaired) electrons. The molecule has 8 heterocycles. The Morgan fingerprint density at radius 2 is 0.510 bits per heavy atom. The minimum Gasteiger partial charge on any atom is -0.394 e. The van der Waals surface area contributed by atoms with Gasteiger partial charge in [-0.05, 0) is 19.3 Å². The Labute approximate surface area is 848 Å². The second-order valence-electron chi connectivity index (χ2n) is 39.8. The Bertz CT molecular complexity index is 3550. The number of ether oxygens (including phenoxy) is 16. The van der Waals surface area contributed by atoms with Gasteiger partial charge in [0, 0.05) is 27.2 Å². The van der Waals surface area contributed by atoms with Gasteiger partial charge in [0.25, 0.3) is 0 Å². The molecule has 8 rings (SSSR count). The van der Waals surface area contributed by atoms with Crippen LogP contribution in [0.5, 0.6) is 0 Å². The number of unbranched alkanes of at least 4 members (excludes halogenated alkanes) is 33. The van der Waals surface area contributed by atoms with E-state index < -0.39 is 335 Å². The normalized spacial score (nSPS) is 37.8. The minimum absolute atomic E-state index is 0.154. The third kappa shape index (κ3) is 38.0. The molecule has 846 valence electrons. The molecule has 0 aliphatic carbocycles. The topological polar surface area (TPSA) is 729 Å². The Morgan fingerprint density at radius 1 is 0.269 bits per heavy atom. The molecule has 27 N–H and O–H groups in total. The van der Waals surface area contributed by atoms with E-state index in [-0.39, 0.29) is 12.3 Å². The van der Waals surface area contributed by atoms with Crippen LogP contribution in [0.4, 0.5) is 0 Å². The zero-order valence-corrected chi connectivity index (χ0v) is 84.7. The molecule has 8 saturated heterocycles. The molecular formula is C98H176N4O43. The minimum atomic E-state index is -2.35. The predicted molar refractivity (Wildman–Crippen MR) is 508 cm³/mol. The molecule has 8 aliphatic rings. The first-order valence-electron chi connectivity index (χ1n) is 53.0. The second-order valence-corrected chi connectivity index (χ2v) is 39.8. The lowest BCUT2D eigenvalue weighted by Gasteiger charge is -2.51. The summed E-state index contributed by atoms with van der Waals surface area (Å²) in [6.07, 6.45) is -30.2. The monoisotopic (exact) mass is 2100 g/mol. The second kappa shape index (κ2) is 67.0. The summed E-state index contributed by atoms with van der Waals surface area (Å²) in [5.41, 5.74) is 0. The third-order valence-electron chi connectivity index (χ3n) is 28.4. The van der Waals surface area contributed by atoms with Crippen LogP contribution in [0.3, 0.4) is 0 Å². The van der Waals surface area contributed by atoms with E-state index in [0.717, 1.165) is 72.1 Å². The van der Waals surface area contributed by atoms with Crippen molar-refractivity contribution in [2.45, 2.75) is 523 Å². The van der Waals surface area contributed by atoms with Crippen LogP contribution >= 0.6 is 0 Å². The Hall–Kier alpha value is -3.94. The van der Waals surface area contributed by atoms with Crippen LogP contribution in [0.1, 0.15) is 266 Å². The molecule has 0 saturated carbocycles. The van der Waals surface area contributed by atoms with Crippen molar-refractivity contribution in [3.63, 3.8) is 0 Å². The SMILES string of the molecule is CCCCCCCCCCCCC/C=C/[C@@H](O)[C@H](CO[C@@H]1OC(CO)[C@@H](O[C@@H]2OC(CO)[C@H](O)[C@H](O[C@@H]3OC(CO)[C@@H](O[C@@H]4OC(CO)[C@H](O)[C@H](O[C@@H]5OC(CO)[C@@H](O[C@@H]6OC(CO)[C@H](O)[C@H](O[C@@H]7OC(CO)[C@@H](O[C@@H]8OC(CO)[C@H](O)[C@H](O)C8O)[C@H](O)C7NC(C)=O)C6O)[C@H](O)C5NC(C)=O)C4O)[C@H](O)C3NC(C)=O)C2O)[C@H](O)C1O)NC(=O)CCCCCCCCCCCCCCCCCCCCCCCCC. The molecule has 0 aromatic rings. The summed E-state index contributed by atoms with van der Waals surface area (Å²) in [6.45, 7) is -1.54. The number of carbonyl (C=O) groups excluding carboxylic acids is 4. The van der Waals surface area contributed by atoms with Crippen molar-refractivity contribution in [1.82, 2.24) is 21.3 Å². The first kappa shape index (κ1) is 126. The van der Waals surface area contributed by atoms with Gasteiger partial charge in [-0.3, -0.25) is 19.2 Å². The van der Waals surface area contributed by atoms with Gasteiger partial charge in [0.05, 0.1) is 71.6 Å². The number of nitrogens with one attached hydrogen (secondary N) is 4. The van der Waals surface area contributed by atoms with E-state index >= 15 is 0 Å². The highest BCUT2D eigenvalue weighted by Gasteiger charge is 2.61. The fourth-order valence-electron chi connectivity index (χ4n) is 19.9. The lowest BCUT2D eigenvalue weighted by atomic mass is 9.93. The number of carbonyl (C=O) groups is 4. The van der Waals surface area contributed by atoms with Crippen molar-refractivity contribution >= 4 is 23.6 Å². The Balaban J connectivity index is 0.876. The van der Waals surface area contributed by atoms with Gasteiger partial charge in [0.2, 0.25) is 23.6 Å². The van der Waals surface area contributed by atoms with Gasteiger partial charge in [-0.1, -0.05) is 231 Å². The lowest BCUT2D eigenvalue weighted by molar-refractivity contribution is -0.389. The zero-order chi connectivity index (χ0) is 106. The van der Waals surface area contributed by atoms with Crippen LogP contribution in [0.25, 0.3) is 0 Å². The van der Waals surface area contributed by atoms with E-state index in [1.165, 1.54) is 161 Å². The predicted octanol–water partition coefficient (Wildman–Crippen LogP) is -3.51. The van der Waals surface area contributed by atoms with E-state index in [4.69, 9.17) is 75.8 Å². The largest absolute Gasteiger partial charge is 0.394 e. The standard InChI is InChI=1S/C98H176N4O43/c1-6-8-10-12-14-16-18-20-21-22-23-24-25-26-27-28-29-31-33-35-37-39-41-43-66(115)102-56(57(114)42-40-38-36-34-32-30-19-17-15-13-11-9-7-2)52-130-94-80(126)78(124)87(65(51-110)138-94)142-98-83(129)90(73(119)61(47-106)134-98)145-93-69(101-55(5)113)76(122)86(64(50-109)137-93)141-97-82(128)89(72(118)60(46-105)133-97)144-92-68(100-54(4)112)75(121)85(63(49-108)136-92)140-96-81(127)88(71(117)59(45-104)132-96)143-91-67(99-53(3)111)74(120)84(62(48-107)135-91)139-95-79(125)77(123)70(116)58(44-103)131-95/h40,42,56-65,67-98,103-110,114,116-129H,6-39,41,43-52H2,1-5H3,(H,99,111)(H,100,112)(H,101,113)(H,102,115)/b42-40+/t56-,57+,58?,59?,60?,61?,62?,63?,64?,65?,67?,68?,69?,70-,71-,72-,73-,74+,75+,76+,77-,78+,79?,80?,81?,82?,83?,84+,85+,86+,87+,88-,89-,90-,91-,92-,93-,94+,95-,96-,97-,98-/m0/s1. The summed E-state index contributed by atoms with van der Waals surface area (Å²) in [4.78, 5) is 52.6. The van der Waals surface area contributed by atoms with E-state index in [1.54, 1.807) is 6.08 Å². The molecule has 16 unspecified atom stereocenters. The summed E-state index contributed by atoms with van der Waals surface area (Å²) in [6, 6.07) is -6.74. The summed E-state index contributed by atoms with van der Waals surface area (Å²) in [5.74, 6) is -3.08. The average molecular weight is 2100 g/mol. The maximum absolute atomic E-state index is 13.7. The fraction of sp³-hybridized carbons (Fsp3) is 0.939. The van der Waals surface area contributed by atoms with Crippen LogP contribution in [-0.2, 0) is 95.0 Å². The summed E-state index contributed by atoms with van der Waals surface area (Å²) in [7, 11) is 0. The van der Waals surface area contributed by atoms with Crippen LogP contribution in [0.15, 0.2) is 12.2 Å². The van der Waals surface area contributed by atoms with Gasteiger partial charge in [0.15, 0.2) is 50.3 Å². The first-order valence-corrected chi connectivity index (χ1v) is 53.0. The number of hydrogen-bond acceptors (Lipinski definition) is 43. The van der Waals surface area contributed by atoms with Gasteiger partial charge < -0.3 is 215 Å². The molecule has 8 fully saturated rings. The zero-order valence-electron chi connectivity index (χ0n) is 84.7. The molecule has 42 atom stereocenters. The van der Waals surface area contributed by atoms with Crippen molar-refractivity contribution < 1.29 is 212 Å². The quantitative estimate of drug-likeness (QED) is 0.0207. The summed E-state index contributed by atoms with van der Waals surface area (Å²) in [5, 5.41) is 270.